The average Bonchev–Trinajstić information content (AvgIpc) is 2.57. The Labute approximate surface area is 157 Å². The second kappa shape index (κ2) is 7.08. The number of hydrogen-bond acceptors (Lipinski definition) is 4. The van der Waals surface area contributed by atoms with Gasteiger partial charge in [-0.05, 0) is 24.3 Å². The molecule has 0 aliphatic heterocycles. The molecule has 0 saturated heterocycles. The maximum atomic E-state index is 12.6. The zero-order chi connectivity index (χ0) is 18.1. The third kappa shape index (κ3) is 3.66. The van der Waals surface area contributed by atoms with Crippen LogP contribution in [0.25, 0.3) is 11.0 Å². The fraction of sp³-hybridized carbons (Fsp3) is 0.111. The number of hydrogen-bond donors (Lipinski definition) is 0. The largest absolute Gasteiger partial charge is 0.496 e. The number of carbonyl (C=O) groups excluding carboxylic acids is 1. The molecule has 0 saturated carbocycles. The molecule has 0 N–H and O–H groups in total. The molecule has 1 aromatic heterocycles. The zero-order valence-electron chi connectivity index (χ0n) is 12.9. The van der Waals surface area contributed by atoms with Crippen molar-refractivity contribution in [1.82, 2.24) is 0 Å². The Kier molecular flexibility index (Phi) is 5.04. The molecule has 0 aliphatic carbocycles. The van der Waals surface area contributed by atoms with Crippen LogP contribution in [0.4, 0.5) is 0 Å². The molecule has 0 amide bonds. The van der Waals surface area contributed by atoms with Gasteiger partial charge in [-0.1, -0.05) is 40.9 Å². The minimum atomic E-state index is -0.392. The van der Waals surface area contributed by atoms with Crippen LogP contribution in [-0.2, 0) is 6.42 Å². The molecule has 0 unspecified atom stereocenters. The van der Waals surface area contributed by atoms with Crippen LogP contribution in [0.3, 0.4) is 0 Å². The number of Topliss-reactive ketones (excluding diaryl/α,β-unsaturated/α-hetero) is 1. The molecule has 0 bridgehead atoms. The first-order chi connectivity index (χ1) is 11.9. The van der Waals surface area contributed by atoms with Crippen LogP contribution >= 0.6 is 34.8 Å². The second-order valence-electron chi connectivity index (χ2n) is 5.30. The summed E-state index contributed by atoms with van der Waals surface area (Å²) >= 11 is 17.9. The smallest absolute Gasteiger partial charge is 0.202 e. The molecule has 4 nitrogen and oxygen atoms in total. The van der Waals surface area contributed by atoms with Gasteiger partial charge < -0.3 is 9.15 Å². The highest BCUT2D eigenvalue weighted by molar-refractivity contribution is 6.38. The van der Waals surface area contributed by atoms with Gasteiger partial charge in [0.05, 0.1) is 17.5 Å². The molecule has 2 aromatic carbocycles. The van der Waals surface area contributed by atoms with E-state index in [-0.39, 0.29) is 34.0 Å². The summed E-state index contributed by atoms with van der Waals surface area (Å²) in [4.78, 5) is 24.8. The van der Waals surface area contributed by atoms with Crippen LogP contribution in [-0.4, -0.2) is 12.9 Å². The lowest BCUT2D eigenvalue weighted by Gasteiger charge is -2.08. The molecule has 3 aromatic rings. The Morgan fingerprint density at radius 1 is 1.08 bits per heavy atom. The van der Waals surface area contributed by atoms with Gasteiger partial charge in [-0.15, -0.1) is 0 Å². The summed E-state index contributed by atoms with van der Waals surface area (Å²) in [5.74, 6) is 0.0122. The van der Waals surface area contributed by atoms with Gasteiger partial charge in [0, 0.05) is 28.1 Å². The first-order valence-electron chi connectivity index (χ1n) is 7.17. The van der Waals surface area contributed by atoms with Crippen molar-refractivity contribution >= 4 is 51.6 Å². The van der Waals surface area contributed by atoms with Crippen molar-refractivity contribution in [3.63, 3.8) is 0 Å². The van der Waals surface area contributed by atoms with E-state index in [1.54, 1.807) is 18.2 Å². The van der Waals surface area contributed by atoms with Gasteiger partial charge in [-0.3, -0.25) is 9.59 Å². The zero-order valence-corrected chi connectivity index (χ0v) is 15.2. The third-order valence-corrected chi connectivity index (χ3v) is 4.36. The Bertz CT molecular complexity index is 1040. The number of carbonyl (C=O) groups is 1. The SMILES string of the molecule is COc1cc(Cl)ccc1CC(=O)c1cc(=O)c2cc(Cl)cc(Cl)c2o1. The van der Waals surface area contributed by atoms with Crippen LogP contribution in [0.1, 0.15) is 16.1 Å². The van der Waals surface area contributed by atoms with Crippen molar-refractivity contribution < 1.29 is 13.9 Å². The normalized spacial score (nSPS) is 10.9. The minimum absolute atomic E-state index is 0.0139. The number of halogens is 3. The molecular formula is C18H11Cl3O4. The highest BCUT2D eigenvalue weighted by Gasteiger charge is 2.17. The van der Waals surface area contributed by atoms with Crippen molar-refractivity contribution in [3.8, 4) is 5.75 Å². The average molecular weight is 398 g/mol. The van der Waals surface area contributed by atoms with E-state index in [1.807, 2.05) is 0 Å². The van der Waals surface area contributed by atoms with E-state index >= 15 is 0 Å². The van der Waals surface area contributed by atoms with Crippen LogP contribution < -0.4 is 10.2 Å². The predicted molar refractivity (Wildman–Crippen MR) is 98.5 cm³/mol. The fourth-order valence-corrected chi connectivity index (χ4v) is 3.14. The van der Waals surface area contributed by atoms with Gasteiger partial charge >= 0.3 is 0 Å². The van der Waals surface area contributed by atoms with Crippen molar-refractivity contribution in [2.75, 3.05) is 7.11 Å². The molecule has 25 heavy (non-hydrogen) atoms. The van der Waals surface area contributed by atoms with Gasteiger partial charge in [0.25, 0.3) is 0 Å². The van der Waals surface area contributed by atoms with E-state index in [0.29, 0.717) is 21.4 Å². The molecule has 0 atom stereocenters. The van der Waals surface area contributed by atoms with Gasteiger partial charge in [0.1, 0.15) is 5.75 Å². The van der Waals surface area contributed by atoms with E-state index in [1.165, 1.54) is 19.2 Å². The second-order valence-corrected chi connectivity index (χ2v) is 6.58. The van der Waals surface area contributed by atoms with Gasteiger partial charge in [0.2, 0.25) is 5.78 Å². The van der Waals surface area contributed by atoms with E-state index in [4.69, 9.17) is 44.0 Å². The molecule has 0 fully saturated rings. The molecule has 3 rings (SSSR count). The summed E-state index contributed by atoms with van der Waals surface area (Å²) in [6, 6.07) is 8.99. The summed E-state index contributed by atoms with van der Waals surface area (Å²) in [7, 11) is 1.49. The van der Waals surface area contributed by atoms with Crippen molar-refractivity contribution in [2.45, 2.75) is 6.42 Å². The first-order valence-corrected chi connectivity index (χ1v) is 8.31. The Balaban J connectivity index is 2.02. The third-order valence-electron chi connectivity index (χ3n) is 3.62. The highest BCUT2D eigenvalue weighted by Crippen LogP contribution is 2.28. The monoisotopic (exact) mass is 396 g/mol. The maximum Gasteiger partial charge on any atom is 0.202 e. The number of fused-ring (bicyclic) bond motifs is 1. The number of ketones is 1. The highest BCUT2D eigenvalue weighted by atomic mass is 35.5. The standard InChI is InChI=1S/C18H11Cl3O4/c1-24-16-7-10(19)3-2-9(16)4-15(23)17-8-14(22)12-5-11(20)6-13(21)18(12)25-17/h2-3,5-8H,4H2,1H3. The summed E-state index contributed by atoms with van der Waals surface area (Å²) < 4.78 is 10.8. The Hall–Kier alpha value is -2.01. The lowest BCUT2D eigenvalue weighted by molar-refractivity contribution is 0.0966. The molecular weight excluding hydrogens is 387 g/mol. The predicted octanol–water partition coefficient (Wildman–Crippen LogP) is 5.19. The van der Waals surface area contributed by atoms with Gasteiger partial charge in [-0.25, -0.2) is 0 Å². The maximum absolute atomic E-state index is 12.6. The topological polar surface area (TPSA) is 56.5 Å². The van der Waals surface area contributed by atoms with E-state index in [9.17, 15) is 9.59 Å². The summed E-state index contributed by atoms with van der Waals surface area (Å²) in [5, 5.41) is 1.19. The minimum Gasteiger partial charge on any atom is -0.496 e. The van der Waals surface area contributed by atoms with Crippen molar-refractivity contribution in [3.05, 3.63) is 73.0 Å². The molecule has 0 aliphatic rings. The molecule has 0 spiro atoms. The number of benzene rings is 2. The molecule has 1 heterocycles. The van der Waals surface area contributed by atoms with E-state index in [2.05, 4.69) is 0 Å². The first kappa shape index (κ1) is 17.8. The van der Waals surface area contributed by atoms with Crippen molar-refractivity contribution in [2.24, 2.45) is 0 Å². The lowest BCUT2D eigenvalue weighted by Crippen LogP contribution is -2.10. The van der Waals surface area contributed by atoms with E-state index < -0.39 is 5.43 Å². The number of ether oxygens (including phenoxy) is 1. The van der Waals surface area contributed by atoms with Crippen LogP contribution in [0.15, 0.2) is 45.6 Å². The van der Waals surface area contributed by atoms with Crippen LogP contribution in [0.2, 0.25) is 15.1 Å². The Morgan fingerprint density at radius 3 is 2.56 bits per heavy atom. The quantitative estimate of drug-likeness (QED) is 0.569. The van der Waals surface area contributed by atoms with Gasteiger partial charge in [0.15, 0.2) is 16.8 Å². The van der Waals surface area contributed by atoms with Crippen LogP contribution in [0.5, 0.6) is 5.75 Å². The number of methoxy groups -OCH3 is 1. The lowest BCUT2D eigenvalue weighted by atomic mass is 10.1. The van der Waals surface area contributed by atoms with E-state index in [0.717, 1.165) is 6.07 Å². The fourth-order valence-electron chi connectivity index (χ4n) is 2.45. The number of rotatable bonds is 4. The van der Waals surface area contributed by atoms with Crippen LogP contribution in [0, 0.1) is 0 Å². The summed E-state index contributed by atoms with van der Waals surface area (Å²) in [6.45, 7) is 0. The summed E-state index contributed by atoms with van der Waals surface area (Å²) in [6.07, 6.45) is -0.0139. The molecule has 0 radical (unpaired) electrons. The Morgan fingerprint density at radius 2 is 1.84 bits per heavy atom. The molecule has 7 heteroatoms. The molecule has 128 valence electrons. The van der Waals surface area contributed by atoms with Gasteiger partial charge in [-0.2, -0.15) is 0 Å². The summed E-state index contributed by atoms with van der Waals surface area (Å²) in [5.41, 5.74) is 0.365. The van der Waals surface area contributed by atoms with Crippen molar-refractivity contribution in [1.29, 1.82) is 0 Å².